The molecule has 4 unspecified atom stereocenters. The molecule has 176 valence electrons. The SMILES string of the molecule is Nc1cc(Br)cc(Oc2c(CC3CO3)c(N)c(CC3CO3)c(Br)c2CC2CO2)c1CC1CO1. The zero-order valence-electron chi connectivity index (χ0n) is 18.1. The molecule has 4 aliphatic rings. The number of hydrogen-bond donors (Lipinski definition) is 2. The Hall–Kier alpha value is -1.36. The number of ether oxygens (including phenoxy) is 5. The Labute approximate surface area is 209 Å². The van der Waals surface area contributed by atoms with Crippen molar-refractivity contribution in [3.8, 4) is 11.5 Å². The average Bonchev–Trinajstić information content (AvgIpc) is 3.61. The van der Waals surface area contributed by atoms with Crippen molar-refractivity contribution in [1.82, 2.24) is 0 Å². The second kappa shape index (κ2) is 8.70. The van der Waals surface area contributed by atoms with Crippen LogP contribution in [0.1, 0.15) is 22.3 Å². The van der Waals surface area contributed by atoms with Crippen LogP contribution in [-0.4, -0.2) is 50.8 Å². The summed E-state index contributed by atoms with van der Waals surface area (Å²) in [5, 5.41) is 0. The minimum Gasteiger partial charge on any atom is -0.456 e. The maximum atomic E-state index is 6.79. The molecule has 0 aliphatic carbocycles. The number of benzene rings is 2. The van der Waals surface area contributed by atoms with Crippen LogP contribution in [0.5, 0.6) is 11.5 Å². The number of hydrogen-bond acceptors (Lipinski definition) is 7. The maximum absolute atomic E-state index is 6.79. The third-order valence-corrected chi connectivity index (χ3v) is 7.90. The fraction of sp³-hybridized carbons (Fsp3) is 0.500. The molecule has 0 saturated carbocycles. The quantitative estimate of drug-likeness (QED) is 0.323. The van der Waals surface area contributed by atoms with Crippen molar-refractivity contribution in [3.63, 3.8) is 0 Å². The highest BCUT2D eigenvalue weighted by atomic mass is 79.9. The molecule has 0 bridgehead atoms. The fourth-order valence-electron chi connectivity index (χ4n) is 4.30. The van der Waals surface area contributed by atoms with Gasteiger partial charge in [-0.15, -0.1) is 0 Å². The van der Waals surface area contributed by atoms with Gasteiger partial charge in [0.15, 0.2) is 0 Å². The summed E-state index contributed by atoms with van der Waals surface area (Å²) in [6.45, 7) is 3.02. The Morgan fingerprint density at radius 3 is 1.76 bits per heavy atom. The van der Waals surface area contributed by atoms with Gasteiger partial charge in [-0.05, 0) is 17.7 Å². The van der Waals surface area contributed by atoms with E-state index < -0.39 is 0 Å². The van der Waals surface area contributed by atoms with Crippen molar-refractivity contribution in [2.75, 3.05) is 37.9 Å². The van der Waals surface area contributed by atoms with Crippen LogP contribution in [0.15, 0.2) is 21.1 Å². The largest absolute Gasteiger partial charge is 0.456 e. The number of anilines is 2. The lowest BCUT2D eigenvalue weighted by atomic mass is 9.93. The molecule has 0 radical (unpaired) electrons. The molecule has 6 rings (SSSR count). The molecule has 4 saturated heterocycles. The van der Waals surface area contributed by atoms with Gasteiger partial charge in [-0.3, -0.25) is 0 Å². The number of halogens is 2. The second-order valence-electron chi connectivity index (χ2n) is 9.20. The van der Waals surface area contributed by atoms with Gasteiger partial charge < -0.3 is 35.2 Å². The van der Waals surface area contributed by atoms with Crippen LogP contribution >= 0.6 is 31.9 Å². The van der Waals surface area contributed by atoms with Gasteiger partial charge in [0, 0.05) is 62.7 Å². The Kier molecular flexibility index (Phi) is 5.83. The van der Waals surface area contributed by atoms with Crippen molar-refractivity contribution in [3.05, 3.63) is 43.3 Å². The van der Waals surface area contributed by atoms with Crippen LogP contribution in [0.2, 0.25) is 0 Å². The summed E-state index contributed by atoms with van der Waals surface area (Å²) in [7, 11) is 0. The van der Waals surface area contributed by atoms with E-state index in [1.165, 1.54) is 0 Å². The topological polar surface area (TPSA) is 111 Å². The van der Waals surface area contributed by atoms with Gasteiger partial charge in [-0.1, -0.05) is 31.9 Å². The lowest BCUT2D eigenvalue weighted by Crippen LogP contribution is -2.13. The minimum absolute atomic E-state index is 0.165. The van der Waals surface area contributed by atoms with E-state index in [-0.39, 0.29) is 24.4 Å². The Balaban J connectivity index is 1.47. The molecule has 4 atom stereocenters. The van der Waals surface area contributed by atoms with Gasteiger partial charge in [0.05, 0.1) is 50.8 Å². The van der Waals surface area contributed by atoms with E-state index in [2.05, 4.69) is 31.9 Å². The first-order valence-corrected chi connectivity index (χ1v) is 12.9. The fourth-order valence-corrected chi connectivity index (χ4v) is 5.47. The molecule has 0 aromatic heterocycles. The lowest BCUT2D eigenvalue weighted by molar-refractivity contribution is 0.392. The average molecular weight is 582 g/mol. The predicted octanol–water partition coefficient (Wildman–Crippen LogP) is 3.93. The lowest BCUT2D eigenvalue weighted by Gasteiger charge is -2.24. The van der Waals surface area contributed by atoms with E-state index in [0.717, 1.165) is 87.7 Å². The summed E-state index contributed by atoms with van der Waals surface area (Å²) in [5.74, 6) is 1.50. The molecule has 33 heavy (non-hydrogen) atoms. The molecule has 4 N–H and O–H groups in total. The summed E-state index contributed by atoms with van der Waals surface area (Å²) in [6, 6.07) is 3.88. The summed E-state index contributed by atoms with van der Waals surface area (Å²) in [6.07, 6.45) is 3.70. The zero-order valence-corrected chi connectivity index (χ0v) is 21.2. The second-order valence-corrected chi connectivity index (χ2v) is 10.9. The zero-order chi connectivity index (χ0) is 22.7. The van der Waals surface area contributed by atoms with Crippen LogP contribution in [0, 0.1) is 0 Å². The van der Waals surface area contributed by atoms with Crippen molar-refractivity contribution in [2.45, 2.75) is 50.1 Å². The van der Waals surface area contributed by atoms with Gasteiger partial charge in [0.1, 0.15) is 11.5 Å². The van der Waals surface area contributed by atoms with Crippen LogP contribution in [-0.2, 0) is 44.6 Å². The van der Waals surface area contributed by atoms with Crippen LogP contribution in [0.25, 0.3) is 0 Å². The molecule has 2 aromatic rings. The van der Waals surface area contributed by atoms with E-state index >= 15 is 0 Å². The van der Waals surface area contributed by atoms with Crippen LogP contribution in [0.3, 0.4) is 0 Å². The first-order chi connectivity index (χ1) is 16.0. The molecule has 4 aliphatic heterocycles. The molecule has 2 aromatic carbocycles. The number of epoxide rings is 4. The normalized spacial score (nSPS) is 26.8. The highest BCUT2D eigenvalue weighted by Gasteiger charge is 2.35. The third kappa shape index (κ3) is 5.04. The predicted molar refractivity (Wildman–Crippen MR) is 131 cm³/mol. The summed E-state index contributed by atoms with van der Waals surface area (Å²) in [4.78, 5) is 0. The molecule has 9 heteroatoms. The van der Waals surface area contributed by atoms with Crippen LogP contribution < -0.4 is 16.2 Å². The Morgan fingerprint density at radius 2 is 1.21 bits per heavy atom. The van der Waals surface area contributed by atoms with E-state index in [1.54, 1.807) is 0 Å². The molecular formula is C24H26Br2N2O5. The van der Waals surface area contributed by atoms with E-state index in [1.807, 2.05) is 12.1 Å². The van der Waals surface area contributed by atoms with Crippen LogP contribution in [0.4, 0.5) is 11.4 Å². The highest BCUT2D eigenvalue weighted by molar-refractivity contribution is 9.10. The number of nitrogens with two attached hydrogens (primary N) is 2. The van der Waals surface area contributed by atoms with Gasteiger partial charge >= 0.3 is 0 Å². The first kappa shape index (κ1) is 22.1. The Morgan fingerprint density at radius 1 is 0.727 bits per heavy atom. The monoisotopic (exact) mass is 580 g/mol. The molecule has 7 nitrogen and oxygen atoms in total. The van der Waals surface area contributed by atoms with Gasteiger partial charge in [-0.25, -0.2) is 0 Å². The standard InChI is InChI=1S/C24H26Br2N2O5/c25-11-1-20(27)16(3-12-7-29-12)21(2-11)33-24-18(5-14-9-31-14)22(26)17(4-13-8-30-13)23(28)19(24)6-15-10-32-15/h1-2,12-15H,3-10,27-28H2. The third-order valence-electron chi connectivity index (χ3n) is 6.49. The van der Waals surface area contributed by atoms with Gasteiger partial charge in [0.2, 0.25) is 0 Å². The maximum Gasteiger partial charge on any atom is 0.137 e. The van der Waals surface area contributed by atoms with Crippen molar-refractivity contribution < 1.29 is 23.7 Å². The highest BCUT2D eigenvalue weighted by Crippen LogP contribution is 2.47. The summed E-state index contributed by atoms with van der Waals surface area (Å²) >= 11 is 7.44. The van der Waals surface area contributed by atoms with E-state index in [0.29, 0.717) is 18.5 Å². The summed E-state index contributed by atoms with van der Waals surface area (Å²) < 4.78 is 30.7. The van der Waals surface area contributed by atoms with E-state index in [9.17, 15) is 0 Å². The van der Waals surface area contributed by atoms with Crippen molar-refractivity contribution in [1.29, 1.82) is 0 Å². The molecule has 0 amide bonds. The minimum atomic E-state index is 0.165. The van der Waals surface area contributed by atoms with Crippen molar-refractivity contribution >= 4 is 43.2 Å². The Bertz CT molecular complexity index is 1050. The van der Waals surface area contributed by atoms with E-state index in [4.69, 9.17) is 35.2 Å². The molecule has 4 fully saturated rings. The molecule has 4 heterocycles. The number of nitrogen functional groups attached to an aromatic ring is 2. The van der Waals surface area contributed by atoms with Gasteiger partial charge in [0.25, 0.3) is 0 Å². The smallest absolute Gasteiger partial charge is 0.137 e. The molecule has 0 spiro atoms. The molecular weight excluding hydrogens is 556 g/mol. The summed E-state index contributed by atoms with van der Waals surface area (Å²) in [5.41, 5.74) is 18.7. The number of rotatable bonds is 10. The first-order valence-electron chi connectivity index (χ1n) is 11.3. The van der Waals surface area contributed by atoms with Gasteiger partial charge in [-0.2, -0.15) is 0 Å². The van der Waals surface area contributed by atoms with Crippen molar-refractivity contribution in [2.24, 2.45) is 0 Å².